The summed E-state index contributed by atoms with van der Waals surface area (Å²) < 4.78 is 0. The number of phenolic OH excluding ortho intramolecular Hbond substituents is 1. The van der Waals surface area contributed by atoms with Gasteiger partial charge < -0.3 is 37.0 Å². The highest BCUT2D eigenvalue weighted by Crippen LogP contribution is 2.12. The Kier molecular flexibility index (Phi) is 12.3. The molecule has 3 amide bonds. The van der Waals surface area contributed by atoms with E-state index in [0.29, 0.717) is 12.0 Å². The van der Waals surface area contributed by atoms with Crippen LogP contribution in [-0.4, -0.2) is 69.3 Å². The number of benzene rings is 1. The summed E-state index contributed by atoms with van der Waals surface area (Å²) in [5, 5.41) is 36.6. The number of phenols is 1. The number of hydrogen-bond acceptors (Lipinski definition) is 7. The number of carbonyl (C=O) groups excluding carboxylic acids is 3. The molecule has 1 rings (SSSR count). The number of hydrogen-bond donors (Lipinski definition) is 7. The lowest BCUT2D eigenvalue weighted by molar-refractivity contribution is -0.143. The highest BCUT2D eigenvalue weighted by Gasteiger charge is 2.33. The topological polar surface area (TPSA) is 191 Å². The minimum Gasteiger partial charge on any atom is -0.508 e. The molecular formula is C25H40N4O7. The molecule has 6 unspecified atom stereocenters. The lowest BCUT2D eigenvalue weighted by Gasteiger charge is -2.28. The molecule has 0 aliphatic heterocycles. The summed E-state index contributed by atoms with van der Waals surface area (Å²) in [7, 11) is 0. The Morgan fingerprint density at radius 2 is 1.44 bits per heavy atom. The van der Waals surface area contributed by atoms with Crippen LogP contribution >= 0.6 is 0 Å². The molecule has 6 atom stereocenters. The van der Waals surface area contributed by atoms with Crippen molar-refractivity contribution in [1.82, 2.24) is 16.0 Å². The Hall–Kier alpha value is -3.18. The molecule has 1 aromatic rings. The van der Waals surface area contributed by atoms with Crippen molar-refractivity contribution in [2.75, 3.05) is 0 Å². The second-order valence-electron chi connectivity index (χ2n) is 9.60. The fraction of sp³-hybridized carbons (Fsp3) is 0.600. The van der Waals surface area contributed by atoms with Crippen molar-refractivity contribution < 1.29 is 34.5 Å². The molecule has 0 spiro atoms. The van der Waals surface area contributed by atoms with E-state index in [0.717, 1.165) is 0 Å². The zero-order chi connectivity index (χ0) is 27.6. The van der Waals surface area contributed by atoms with E-state index in [1.165, 1.54) is 31.2 Å². The molecule has 0 saturated carbocycles. The van der Waals surface area contributed by atoms with Crippen LogP contribution in [0.25, 0.3) is 0 Å². The van der Waals surface area contributed by atoms with Crippen LogP contribution in [0.5, 0.6) is 5.75 Å². The first-order valence-electron chi connectivity index (χ1n) is 12.1. The number of carbonyl (C=O) groups is 4. The lowest BCUT2D eigenvalue weighted by Crippen LogP contribution is -2.60. The number of nitrogens with one attached hydrogen (secondary N) is 3. The normalized spacial score (nSPS) is 16.2. The maximum absolute atomic E-state index is 13.0. The van der Waals surface area contributed by atoms with Gasteiger partial charge >= 0.3 is 5.97 Å². The molecule has 36 heavy (non-hydrogen) atoms. The summed E-state index contributed by atoms with van der Waals surface area (Å²) in [5.74, 6) is -3.47. The van der Waals surface area contributed by atoms with E-state index in [1.807, 2.05) is 27.7 Å². The third kappa shape index (κ3) is 9.82. The predicted molar refractivity (Wildman–Crippen MR) is 134 cm³/mol. The molecule has 0 aliphatic rings. The van der Waals surface area contributed by atoms with Crippen LogP contribution in [0.1, 0.15) is 53.0 Å². The summed E-state index contributed by atoms with van der Waals surface area (Å²) >= 11 is 0. The van der Waals surface area contributed by atoms with Gasteiger partial charge in [0.1, 0.15) is 23.9 Å². The van der Waals surface area contributed by atoms with Gasteiger partial charge in [0, 0.05) is 6.42 Å². The van der Waals surface area contributed by atoms with Gasteiger partial charge in [-0.25, -0.2) is 4.79 Å². The number of carboxylic acid groups (broad SMARTS) is 1. The number of rotatable bonds is 14. The van der Waals surface area contributed by atoms with E-state index in [9.17, 15) is 34.5 Å². The third-order valence-corrected chi connectivity index (χ3v) is 5.95. The number of amides is 3. The van der Waals surface area contributed by atoms with Crippen molar-refractivity contribution in [2.24, 2.45) is 17.6 Å². The highest BCUT2D eigenvalue weighted by atomic mass is 16.4. The number of nitrogens with two attached hydrogens (primary N) is 1. The van der Waals surface area contributed by atoms with Crippen LogP contribution < -0.4 is 21.7 Å². The number of carboxylic acids is 1. The number of aliphatic hydroxyl groups is 1. The first-order valence-corrected chi connectivity index (χ1v) is 12.1. The molecule has 0 radical (unpaired) electrons. The fourth-order valence-corrected chi connectivity index (χ4v) is 3.47. The van der Waals surface area contributed by atoms with E-state index in [1.54, 1.807) is 0 Å². The number of aliphatic carboxylic acids is 1. The smallest absolute Gasteiger partial charge is 0.326 e. The second kappa shape index (κ2) is 14.4. The van der Waals surface area contributed by atoms with Crippen LogP contribution in [0.15, 0.2) is 24.3 Å². The molecule has 8 N–H and O–H groups in total. The zero-order valence-corrected chi connectivity index (χ0v) is 21.5. The zero-order valence-electron chi connectivity index (χ0n) is 21.5. The average molecular weight is 509 g/mol. The van der Waals surface area contributed by atoms with Gasteiger partial charge in [-0.1, -0.05) is 46.2 Å². The Labute approximate surface area is 211 Å². The molecule has 0 saturated heterocycles. The van der Waals surface area contributed by atoms with Gasteiger partial charge in [0.05, 0.1) is 12.1 Å². The van der Waals surface area contributed by atoms with E-state index >= 15 is 0 Å². The van der Waals surface area contributed by atoms with Crippen molar-refractivity contribution in [1.29, 1.82) is 0 Å². The van der Waals surface area contributed by atoms with Crippen molar-refractivity contribution in [3.05, 3.63) is 29.8 Å². The molecule has 11 heteroatoms. The fourth-order valence-electron chi connectivity index (χ4n) is 3.47. The molecular weight excluding hydrogens is 468 g/mol. The molecule has 0 aromatic heterocycles. The molecule has 0 bridgehead atoms. The quantitative estimate of drug-likeness (QED) is 0.186. The molecule has 0 fully saturated rings. The Bertz CT molecular complexity index is 889. The molecule has 11 nitrogen and oxygen atoms in total. The van der Waals surface area contributed by atoms with E-state index < -0.39 is 54.0 Å². The van der Waals surface area contributed by atoms with Crippen molar-refractivity contribution >= 4 is 23.7 Å². The summed E-state index contributed by atoms with van der Waals surface area (Å²) in [6.45, 7) is 8.73. The van der Waals surface area contributed by atoms with Crippen LogP contribution in [-0.2, 0) is 25.6 Å². The van der Waals surface area contributed by atoms with Gasteiger partial charge in [-0.05, 0) is 42.9 Å². The van der Waals surface area contributed by atoms with Gasteiger partial charge in [-0.2, -0.15) is 0 Å². The molecule has 1 aromatic carbocycles. The van der Waals surface area contributed by atoms with E-state index in [4.69, 9.17) is 5.73 Å². The lowest BCUT2D eigenvalue weighted by atomic mass is 9.97. The minimum absolute atomic E-state index is 0.0136. The van der Waals surface area contributed by atoms with Gasteiger partial charge in [0.15, 0.2) is 0 Å². The number of aliphatic hydroxyl groups excluding tert-OH is 1. The standard InChI is InChI=1S/C25H40N4O7/c1-6-14(4)20(26)23(33)27-18(11-13(2)3)22(32)29-21(15(5)30)24(34)28-19(25(35)36)12-16-7-9-17(31)10-8-16/h7-10,13-15,18-21,30-31H,6,11-12,26H2,1-5H3,(H,27,33)(H,28,34)(H,29,32)(H,35,36). The Morgan fingerprint density at radius 3 is 1.92 bits per heavy atom. The summed E-state index contributed by atoms with van der Waals surface area (Å²) in [6, 6.07) is 1.20. The van der Waals surface area contributed by atoms with E-state index in [-0.39, 0.29) is 30.4 Å². The number of aromatic hydroxyl groups is 1. The Morgan fingerprint density at radius 1 is 0.889 bits per heavy atom. The molecule has 202 valence electrons. The van der Waals surface area contributed by atoms with Crippen LogP contribution in [0, 0.1) is 11.8 Å². The van der Waals surface area contributed by atoms with Gasteiger partial charge in [0.25, 0.3) is 0 Å². The van der Waals surface area contributed by atoms with Crippen LogP contribution in [0.2, 0.25) is 0 Å². The summed E-state index contributed by atoms with van der Waals surface area (Å²) in [6.07, 6.45) is -0.497. The van der Waals surface area contributed by atoms with Gasteiger partial charge in [0.2, 0.25) is 17.7 Å². The maximum Gasteiger partial charge on any atom is 0.326 e. The second-order valence-corrected chi connectivity index (χ2v) is 9.60. The minimum atomic E-state index is -1.46. The summed E-state index contributed by atoms with van der Waals surface area (Å²) in [4.78, 5) is 50.3. The first-order chi connectivity index (χ1) is 16.8. The largest absolute Gasteiger partial charge is 0.508 e. The maximum atomic E-state index is 13.0. The monoisotopic (exact) mass is 508 g/mol. The van der Waals surface area contributed by atoms with Gasteiger partial charge in [-0.15, -0.1) is 0 Å². The van der Waals surface area contributed by atoms with Crippen molar-refractivity contribution in [2.45, 2.75) is 84.2 Å². The van der Waals surface area contributed by atoms with Crippen molar-refractivity contribution in [3.8, 4) is 5.75 Å². The summed E-state index contributed by atoms with van der Waals surface area (Å²) in [5.41, 5.74) is 6.54. The third-order valence-electron chi connectivity index (χ3n) is 5.95. The van der Waals surface area contributed by atoms with Crippen molar-refractivity contribution in [3.63, 3.8) is 0 Å². The van der Waals surface area contributed by atoms with Crippen LogP contribution in [0.3, 0.4) is 0 Å². The Balaban J connectivity index is 2.99. The van der Waals surface area contributed by atoms with E-state index in [2.05, 4.69) is 16.0 Å². The van der Waals surface area contributed by atoms with Crippen LogP contribution in [0.4, 0.5) is 0 Å². The SMILES string of the molecule is CCC(C)C(N)C(=O)NC(CC(C)C)C(=O)NC(C(=O)NC(Cc1ccc(O)cc1)C(=O)O)C(C)O. The van der Waals surface area contributed by atoms with Gasteiger partial charge in [-0.3, -0.25) is 14.4 Å². The predicted octanol–water partition coefficient (Wildman–Crippen LogP) is 0.274. The highest BCUT2D eigenvalue weighted by molar-refractivity contribution is 5.94. The molecule has 0 aliphatic carbocycles. The molecule has 0 heterocycles. The first kappa shape index (κ1) is 30.9. The average Bonchev–Trinajstić information content (AvgIpc) is 2.80.